The van der Waals surface area contributed by atoms with Gasteiger partial charge in [-0.3, -0.25) is 4.79 Å². The van der Waals surface area contributed by atoms with Gasteiger partial charge in [-0.2, -0.15) is 11.3 Å². The van der Waals surface area contributed by atoms with E-state index in [-0.39, 0.29) is 17.9 Å². The van der Waals surface area contributed by atoms with Gasteiger partial charge in [0.05, 0.1) is 12.0 Å². The van der Waals surface area contributed by atoms with Gasteiger partial charge in [-0.1, -0.05) is 36.4 Å². The minimum atomic E-state index is -0.364. The first-order valence-electron chi connectivity index (χ1n) is 8.97. The molecular weight excluding hydrogens is 356 g/mol. The number of carbonyl (C=O) groups excluding carboxylic acids is 1. The summed E-state index contributed by atoms with van der Waals surface area (Å²) in [6, 6.07) is 17.8. The van der Waals surface area contributed by atoms with Gasteiger partial charge in [0.2, 0.25) is 5.91 Å². The molecule has 0 saturated heterocycles. The lowest BCUT2D eigenvalue weighted by atomic mass is 9.87. The van der Waals surface area contributed by atoms with E-state index in [1.54, 1.807) is 11.3 Å². The second kappa shape index (κ2) is 7.55. The van der Waals surface area contributed by atoms with Gasteiger partial charge in [0.1, 0.15) is 11.5 Å². The molecule has 0 spiro atoms. The van der Waals surface area contributed by atoms with Crippen LogP contribution in [0.1, 0.15) is 28.7 Å². The first-order chi connectivity index (χ1) is 13.1. The number of para-hydroxylation sites is 2. The Morgan fingerprint density at radius 3 is 2.26 bits per heavy atom. The number of nitrogens with zero attached hydrogens (tertiary/aromatic N) is 1. The number of hydrogen-bond acceptors (Lipinski definition) is 4. The van der Waals surface area contributed by atoms with Gasteiger partial charge >= 0.3 is 0 Å². The first-order valence-corrected chi connectivity index (χ1v) is 9.91. The van der Waals surface area contributed by atoms with Crippen molar-refractivity contribution in [3.63, 3.8) is 0 Å². The summed E-state index contributed by atoms with van der Waals surface area (Å²) in [4.78, 5) is 15.4. The van der Waals surface area contributed by atoms with Crippen molar-refractivity contribution in [2.24, 2.45) is 0 Å². The van der Waals surface area contributed by atoms with Gasteiger partial charge in [0.25, 0.3) is 0 Å². The van der Waals surface area contributed by atoms with Crippen LogP contribution in [0.25, 0.3) is 0 Å². The molecule has 0 bridgehead atoms. The van der Waals surface area contributed by atoms with Gasteiger partial charge in [-0.25, -0.2) is 0 Å². The Labute approximate surface area is 163 Å². The summed E-state index contributed by atoms with van der Waals surface area (Å²) in [5, 5.41) is 7.38. The Morgan fingerprint density at radius 2 is 1.70 bits per heavy atom. The van der Waals surface area contributed by atoms with E-state index in [9.17, 15) is 4.79 Å². The van der Waals surface area contributed by atoms with Crippen molar-refractivity contribution in [3.05, 3.63) is 82.0 Å². The van der Waals surface area contributed by atoms with E-state index in [1.165, 1.54) is 5.56 Å². The SMILES string of the molecule is CN(C)[C@@H](CNC(=O)C1c2ccccc2Oc2ccccc21)c1ccsc1. The second-order valence-electron chi connectivity index (χ2n) is 6.89. The quantitative estimate of drug-likeness (QED) is 0.715. The van der Waals surface area contributed by atoms with Crippen molar-refractivity contribution in [2.75, 3.05) is 20.6 Å². The number of hydrogen-bond donors (Lipinski definition) is 1. The lowest BCUT2D eigenvalue weighted by molar-refractivity contribution is -0.122. The fourth-order valence-electron chi connectivity index (χ4n) is 3.55. The van der Waals surface area contributed by atoms with Crippen LogP contribution >= 0.6 is 11.3 Å². The number of rotatable bonds is 5. The Hall–Kier alpha value is -2.63. The fourth-order valence-corrected chi connectivity index (χ4v) is 4.26. The largest absolute Gasteiger partial charge is 0.457 e. The van der Waals surface area contributed by atoms with Crippen molar-refractivity contribution >= 4 is 17.2 Å². The number of likely N-dealkylation sites (N-methyl/N-ethyl adjacent to an activating group) is 1. The summed E-state index contributed by atoms with van der Waals surface area (Å²) < 4.78 is 5.99. The summed E-state index contributed by atoms with van der Waals surface area (Å²) in [7, 11) is 4.07. The molecular formula is C22H22N2O2S. The van der Waals surface area contributed by atoms with Crippen LogP contribution in [0.15, 0.2) is 65.4 Å². The molecule has 3 aromatic rings. The number of fused-ring (bicyclic) bond motifs is 2. The molecule has 1 N–H and O–H groups in total. The number of amides is 1. The van der Waals surface area contributed by atoms with Crippen LogP contribution in [0.4, 0.5) is 0 Å². The zero-order valence-corrected chi connectivity index (χ0v) is 16.2. The van der Waals surface area contributed by atoms with Crippen LogP contribution in [0, 0.1) is 0 Å². The Bertz CT molecular complexity index is 892. The third kappa shape index (κ3) is 3.48. The van der Waals surface area contributed by atoms with Crippen LogP contribution in [-0.2, 0) is 4.79 Å². The molecule has 0 saturated carbocycles. The summed E-state index contributed by atoms with van der Waals surface area (Å²) in [5.74, 6) is 1.13. The highest BCUT2D eigenvalue weighted by Crippen LogP contribution is 2.43. The minimum absolute atomic E-state index is 0.000259. The third-order valence-corrected chi connectivity index (χ3v) is 5.66. The van der Waals surface area contributed by atoms with E-state index in [0.29, 0.717) is 6.54 Å². The Balaban J connectivity index is 1.60. The average molecular weight is 378 g/mol. The lowest BCUT2D eigenvalue weighted by Gasteiger charge is -2.29. The van der Waals surface area contributed by atoms with Crippen LogP contribution < -0.4 is 10.1 Å². The van der Waals surface area contributed by atoms with E-state index < -0.39 is 0 Å². The van der Waals surface area contributed by atoms with Crippen molar-refractivity contribution in [3.8, 4) is 11.5 Å². The molecule has 138 valence electrons. The fraction of sp³-hybridized carbons (Fsp3) is 0.227. The molecule has 4 rings (SSSR count). The molecule has 1 aromatic heterocycles. The monoisotopic (exact) mass is 378 g/mol. The van der Waals surface area contributed by atoms with Crippen LogP contribution in [0.2, 0.25) is 0 Å². The van der Waals surface area contributed by atoms with Crippen molar-refractivity contribution in [1.82, 2.24) is 10.2 Å². The zero-order chi connectivity index (χ0) is 18.8. The molecule has 5 heteroatoms. The number of carbonyl (C=O) groups is 1. The third-order valence-electron chi connectivity index (χ3n) is 4.96. The van der Waals surface area contributed by atoms with Crippen LogP contribution in [0.5, 0.6) is 11.5 Å². The van der Waals surface area contributed by atoms with Gasteiger partial charge in [0.15, 0.2) is 0 Å². The highest BCUT2D eigenvalue weighted by atomic mass is 32.1. The van der Waals surface area contributed by atoms with Crippen molar-refractivity contribution in [1.29, 1.82) is 0 Å². The van der Waals surface area contributed by atoms with Crippen LogP contribution in [-0.4, -0.2) is 31.4 Å². The molecule has 0 radical (unpaired) electrons. The maximum absolute atomic E-state index is 13.2. The molecule has 1 atom stereocenters. The smallest absolute Gasteiger partial charge is 0.232 e. The standard InChI is InChI=1S/C22H22N2O2S/c1-24(2)18(15-11-12-27-14-15)13-23-22(25)21-16-7-3-5-9-19(16)26-20-10-6-4-8-17(20)21/h3-12,14,18,21H,13H2,1-2H3,(H,23,25)/t18-/m0/s1. The molecule has 4 nitrogen and oxygen atoms in total. The molecule has 27 heavy (non-hydrogen) atoms. The first kappa shape index (κ1) is 17.8. The van der Waals surface area contributed by atoms with Crippen molar-refractivity contribution < 1.29 is 9.53 Å². The van der Waals surface area contributed by atoms with Gasteiger partial charge in [-0.05, 0) is 48.6 Å². The highest BCUT2D eigenvalue weighted by molar-refractivity contribution is 7.07. The molecule has 1 amide bonds. The normalized spacial score (nSPS) is 14.2. The lowest BCUT2D eigenvalue weighted by Crippen LogP contribution is -2.37. The number of nitrogens with one attached hydrogen (secondary N) is 1. The molecule has 2 aromatic carbocycles. The van der Waals surface area contributed by atoms with Gasteiger partial charge in [0, 0.05) is 17.7 Å². The maximum atomic E-state index is 13.2. The van der Waals surface area contributed by atoms with E-state index in [1.807, 2.05) is 62.6 Å². The molecule has 0 aliphatic carbocycles. The summed E-state index contributed by atoms with van der Waals surface area (Å²) >= 11 is 1.67. The summed E-state index contributed by atoms with van der Waals surface area (Å²) in [5.41, 5.74) is 3.04. The topological polar surface area (TPSA) is 41.6 Å². The Morgan fingerprint density at radius 1 is 1.07 bits per heavy atom. The molecule has 0 unspecified atom stereocenters. The maximum Gasteiger partial charge on any atom is 0.232 e. The molecule has 0 fully saturated rings. The summed E-state index contributed by atoms with van der Waals surface area (Å²) in [6.07, 6.45) is 0. The second-order valence-corrected chi connectivity index (χ2v) is 7.67. The van der Waals surface area contributed by atoms with E-state index >= 15 is 0 Å². The van der Waals surface area contributed by atoms with E-state index in [0.717, 1.165) is 22.6 Å². The number of ether oxygens (including phenoxy) is 1. The van der Waals surface area contributed by atoms with E-state index in [2.05, 4.69) is 27.0 Å². The predicted molar refractivity (Wildman–Crippen MR) is 109 cm³/mol. The summed E-state index contributed by atoms with van der Waals surface area (Å²) in [6.45, 7) is 0.560. The minimum Gasteiger partial charge on any atom is -0.457 e. The van der Waals surface area contributed by atoms with Gasteiger partial charge in [-0.15, -0.1) is 0 Å². The number of benzene rings is 2. The highest BCUT2D eigenvalue weighted by Gasteiger charge is 2.32. The predicted octanol–water partition coefficient (Wildman–Crippen LogP) is 4.40. The molecule has 2 heterocycles. The van der Waals surface area contributed by atoms with Crippen molar-refractivity contribution in [2.45, 2.75) is 12.0 Å². The zero-order valence-electron chi connectivity index (χ0n) is 15.4. The van der Waals surface area contributed by atoms with E-state index in [4.69, 9.17) is 4.74 Å². The average Bonchev–Trinajstić information content (AvgIpc) is 3.20. The van der Waals surface area contributed by atoms with Crippen LogP contribution in [0.3, 0.4) is 0 Å². The molecule has 1 aliphatic heterocycles. The number of thiophene rings is 1. The Kier molecular flexibility index (Phi) is 4.97. The molecule has 1 aliphatic rings. The van der Waals surface area contributed by atoms with Gasteiger partial charge < -0.3 is 15.0 Å².